The standard InChI is InChI=1S/C10H22FNO/c1-5-12(6-2)8-10(7-11)13-9(3)4/h9-10H,5-8H2,1-4H3. The number of likely N-dealkylation sites (N-methyl/N-ethyl adjacent to an activating group) is 1. The van der Waals surface area contributed by atoms with Gasteiger partial charge in [0.1, 0.15) is 6.67 Å². The third-order valence-corrected chi connectivity index (χ3v) is 1.99. The summed E-state index contributed by atoms with van der Waals surface area (Å²) in [6, 6.07) is 0. The fourth-order valence-corrected chi connectivity index (χ4v) is 1.28. The molecule has 0 aromatic carbocycles. The van der Waals surface area contributed by atoms with Crippen LogP contribution in [0.4, 0.5) is 4.39 Å². The number of nitrogens with zero attached hydrogens (tertiary/aromatic N) is 1. The first-order chi connectivity index (χ1) is 6.13. The third kappa shape index (κ3) is 5.99. The summed E-state index contributed by atoms with van der Waals surface area (Å²) in [4.78, 5) is 2.17. The molecule has 0 aliphatic rings. The molecule has 0 aromatic heterocycles. The van der Waals surface area contributed by atoms with Crippen LogP contribution in [0.15, 0.2) is 0 Å². The van der Waals surface area contributed by atoms with E-state index in [1.165, 1.54) is 0 Å². The Balaban J connectivity index is 3.80. The normalized spacial score (nSPS) is 14.1. The number of ether oxygens (including phenoxy) is 1. The summed E-state index contributed by atoms with van der Waals surface area (Å²) in [5.41, 5.74) is 0. The molecule has 0 heterocycles. The quantitative estimate of drug-likeness (QED) is 0.611. The van der Waals surface area contributed by atoms with Crippen molar-refractivity contribution >= 4 is 0 Å². The molecule has 0 bridgehead atoms. The van der Waals surface area contributed by atoms with Crippen molar-refractivity contribution in [1.29, 1.82) is 0 Å². The van der Waals surface area contributed by atoms with Gasteiger partial charge in [0.15, 0.2) is 0 Å². The summed E-state index contributed by atoms with van der Waals surface area (Å²) in [6.07, 6.45) is -0.156. The van der Waals surface area contributed by atoms with Gasteiger partial charge in [-0.2, -0.15) is 0 Å². The number of alkyl halides is 1. The highest BCUT2D eigenvalue weighted by Crippen LogP contribution is 2.02. The van der Waals surface area contributed by atoms with Gasteiger partial charge in [0, 0.05) is 6.54 Å². The first kappa shape index (κ1) is 12.8. The van der Waals surface area contributed by atoms with Gasteiger partial charge in [-0.1, -0.05) is 13.8 Å². The molecule has 1 atom stereocenters. The Hall–Kier alpha value is -0.150. The Morgan fingerprint density at radius 1 is 1.23 bits per heavy atom. The van der Waals surface area contributed by atoms with E-state index in [2.05, 4.69) is 18.7 Å². The van der Waals surface area contributed by atoms with Crippen LogP contribution in [-0.2, 0) is 4.74 Å². The van der Waals surface area contributed by atoms with Gasteiger partial charge in [0.2, 0.25) is 0 Å². The maximum atomic E-state index is 12.5. The minimum atomic E-state index is -0.394. The van der Waals surface area contributed by atoms with E-state index in [4.69, 9.17) is 4.74 Å². The van der Waals surface area contributed by atoms with Crippen LogP contribution < -0.4 is 0 Å². The molecule has 0 N–H and O–H groups in total. The molecule has 0 spiro atoms. The van der Waals surface area contributed by atoms with Crippen LogP contribution in [0.1, 0.15) is 27.7 Å². The van der Waals surface area contributed by atoms with Gasteiger partial charge in [-0.15, -0.1) is 0 Å². The van der Waals surface area contributed by atoms with Gasteiger partial charge in [0.25, 0.3) is 0 Å². The molecule has 13 heavy (non-hydrogen) atoms. The van der Waals surface area contributed by atoms with Crippen molar-refractivity contribution < 1.29 is 9.13 Å². The van der Waals surface area contributed by atoms with E-state index in [0.29, 0.717) is 6.54 Å². The van der Waals surface area contributed by atoms with E-state index in [-0.39, 0.29) is 12.2 Å². The summed E-state index contributed by atoms with van der Waals surface area (Å²) in [6.45, 7) is 10.2. The van der Waals surface area contributed by atoms with Crippen LogP contribution >= 0.6 is 0 Å². The van der Waals surface area contributed by atoms with Crippen LogP contribution in [0.5, 0.6) is 0 Å². The molecule has 2 nitrogen and oxygen atoms in total. The molecule has 0 radical (unpaired) electrons. The highest BCUT2D eigenvalue weighted by Gasteiger charge is 2.13. The largest absolute Gasteiger partial charge is 0.372 e. The molecule has 80 valence electrons. The average molecular weight is 191 g/mol. The molecular formula is C10H22FNO. The molecule has 0 aliphatic heterocycles. The summed E-state index contributed by atoms with van der Waals surface area (Å²) < 4.78 is 17.9. The van der Waals surface area contributed by atoms with Crippen molar-refractivity contribution in [3.63, 3.8) is 0 Å². The fourth-order valence-electron chi connectivity index (χ4n) is 1.28. The first-order valence-corrected chi connectivity index (χ1v) is 5.07. The van der Waals surface area contributed by atoms with Crippen molar-refractivity contribution in [2.24, 2.45) is 0 Å². The van der Waals surface area contributed by atoms with Crippen molar-refractivity contribution in [2.75, 3.05) is 26.3 Å². The van der Waals surface area contributed by atoms with Gasteiger partial charge in [0.05, 0.1) is 12.2 Å². The van der Waals surface area contributed by atoms with Crippen LogP contribution in [0, 0.1) is 0 Å². The van der Waals surface area contributed by atoms with Crippen molar-refractivity contribution in [3.8, 4) is 0 Å². The summed E-state index contributed by atoms with van der Waals surface area (Å²) in [5, 5.41) is 0. The Labute approximate surface area is 81.1 Å². The maximum Gasteiger partial charge on any atom is 0.117 e. The van der Waals surface area contributed by atoms with E-state index >= 15 is 0 Å². The van der Waals surface area contributed by atoms with E-state index in [9.17, 15) is 4.39 Å². The van der Waals surface area contributed by atoms with Crippen LogP contribution in [-0.4, -0.2) is 43.4 Å². The van der Waals surface area contributed by atoms with Crippen LogP contribution in [0.25, 0.3) is 0 Å². The lowest BCUT2D eigenvalue weighted by molar-refractivity contribution is -0.0224. The molecule has 0 fully saturated rings. The fraction of sp³-hybridized carbons (Fsp3) is 1.00. The second-order valence-corrected chi connectivity index (χ2v) is 3.45. The van der Waals surface area contributed by atoms with Crippen LogP contribution in [0.3, 0.4) is 0 Å². The molecule has 0 rings (SSSR count). The predicted molar refractivity (Wildman–Crippen MR) is 53.8 cm³/mol. The van der Waals surface area contributed by atoms with Crippen molar-refractivity contribution in [3.05, 3.63) is 0 Å². The highest BCUT2D eigenvalue weighted by molar-refractivity contribution is 4.64. The molecule has 0 saturated heterocycles. The van der Waals surface area contributed by atoms with Gasteiger partial charge in [-0.3, -0.25) is 0 Å². The zero-order valence-corrected chi connectivity index (χ0v) is 9.22. The zero-order valence-electron chi connectivity index (χ0n) is 9.22. The SMILES string of the molecule is CCN(CC)CC(CF)OC(C)C. The lowest BCUT2D eigenvalue weighted by Gasteiger charge is -2.24. The topological polar surface area (TPSA) is 12.5 Å². The van der Waals surface area contributed by atoms with E-state index in [0.717, 1.165) is 13.1 Å². The molecule has 0 aromatic rings. The average Bonchev–Trinajstić information content (AvgIpc) is 2.11. The van der Waals surface area contributed by atoms with Crippen molar-refractivity contribution in [2.45, 2.75) is 39.9 Å². The monoisotopic (exact) mass is 191 g/mol. The van der Waals surface area contributed by atoms with Gasteiger partial charge >= 0.3 is 0 Å². The Morgan fingerprint density at radius 3 is 2.08 bits per heavy atom. The molecule has 1 unspecified atom stereocenters. The second-order valence-electron chi connectivity index (χ2n) is 3.45. The first-order valence-electron chi connectivity index (χ1n) is 5.07. The molecule has 3 heteroatoms. The summed E-state index contributed by atoms with van der Waals surface area (Å²) in [5.74, 6) is 0. The zero-order chi connectivity index (χ0) is 10.3. The number of halogens is 1. The van der Waals surface area contributed by atoms with Crippen molar-refractivity contribution in [1.82, 2.24) is 4.90 Å². The van der Waals surface area contributed by atoms with E-state index < -0.39 is 6.67 Å². The van der Waals surface area contributed by atoms with Gasteiger partial charge in [-0.05, 0) is 26.9 Å². The minimum Gasteiger partial charge on any atom is -0.372 e. The predicted octanol–water partition coefficient (Wildman–Crippen LogP) is 2.09. The lowest BCUT2D eigenvalue weighted by atomic mass is 10.3. The Kier molecular flexibility index (Phi) is 7.19. The van der Waals surface area contributed by atoms with Gasteiger partial charge in [-0.25, -0.2) is 4.39 Å². The smallest absolute Gasteiger partial charge is 0.117 e. The number of hydrogen-bond donors (Lipinski definition) is 0. The lowest BCUT2D eigenvalue weighted by Crippen LogP contribution is -2.36. The third-order valence-electron chi connectivity index (χ3n) is 1.99. The molecule has 0 amide bonds. The number of hydrogen-bond acceptors (Lipinski definition) is 2. The summed E-state index contributed by atoms with van der Waals surface area (Å²) >= 11 is 0. The minimum absolute atomic E-state index is 0.108. The number of rotatable bonds is 7. The Bertz CT molecular complexity index is 115. The molecule has 0 aliphatic carbocycles. The highest BCUT2D eigenvalue weighted by atomic mass is 19.1. The molecule has 0 saturated carbocycles. The summed E-state index contributed by atoms with van der Waals surface area (Å²) in [7, 11) is 0. The van der Waals surface area contributed by atoms with E-state index in [1.807, 2.05) is 13.8 Å². The second kappa shape index (κ2) is 7.27. The molecular weight excluding hydrogens is 169 g/mol. The van der Waals surface area contributed by atoms with E-state index in [1.54, 1.807) is 0 Å². The van der Waals surface area contributed by atoms with Gasteiger partial charge < -0.3 is 9.64 Å². The Morgan fingerprint density at radius 2 is 1.77 bits per heavy atom. The maximum absolute atomic E-state index is 12.5. The van der Waals surface area contributed by atoms with Crippen LogP contribution in [0.2, 0.25) is 0 Å².